The summed E-state index contributed by atoms with van der Waals surface area (Å²) in [6.07, 6.45) is 4.34. The zero-order valence-corrected chi connectivity index (χ0v) is 6.97. The van der Waals surface area contributed by atoms with Gasteiger partial charge in [0.25, 0.3) is 0 Å². The van der Waals surface area contributed by atoms with Gasteiger partial charge < -0.3 is 5.11 Å². The van der Waals surface area contributed by atoms with Crippen LogP contribution in [0.15, 0.2) is 0 Å². The van der Waals surface area contributed by atoms with E-state index in [1.807, 2.05) is 0 Å². The molecule has 0 aromatic carbocycles. The maximum absolute atomic E-state index is 10.7. The van der Waals surface area contributed by atoms with E-state index in [0.29, 0.717) is 0 Å². The number of hydrogen-bond donors (Lipinski definition) is 1. The third-order valence-corrected chi connectivity index (χ3v) is 3.79. The summed E-state index contributed by atoms with van der Waals surface area (Å²) >= 11 is 5.95. The number of carboxylic acids is 1. The van der Waals surface area contributed by atoms with Gasteiger partial charge in [0.1, 0.15) is 4.87 Å². The molecule has 62 valence electrons. The molecular weight excluding hydrogens is 164 g/mol. The van der Waals surface area contributed by atoms with Crippen LogP contribution >= 0.6 is 11.6 Å². The first-order valence-corrected chi connectivity index (χ1v) is 4.47. The Bertz CT molecular complexity index is 190. The minimum absolute atomic E-state index is 0.274. The van der Waals surface area contributed by atoms with Gasteiger partial charge in [0.05, 0.1) is 0 Å². The Morgan fingerprint density at radius 3 is 2.18 bits per heavy atom. The number of carbonyl (C=O) groups is 1. The van der Waals surface area contributed by atoms with Crippen LogP contribution in [0.25, 0.3) is 0 Å². The summed E-state index contributed by atoms with van der Waals surface area (Å²) in [7, 11) is 0. The maximum Gasteiger partial charge on any atom is 0.325 e. The predicted molar refractivity (Wildman–Crippen MR) is 41.7 cm³/mol. The van der Waals surface area contributed by atoms with Crippen molar-refractivity contribution in [2.45, 2.75) is 30.6 Å². The van der Waals surface area contributed by atoms with Gasteiger partial charge in [0.2, 0.25) is 0 Å². The van der Waals surface area contributed by atoms with E-state index in [2.05, 4.69) is 0 Å². The van der Waals surface area contributed by atoms with Crippen molar-refractivity contribution >= 4 is 17.6 Å². The van der Waals surface area contributed by atoms with E-state index in [1.165, 1.54) is 0 Å². The molecule has 0 amide bonds. The standard InChI is InChI=1S/C8H11ClO2/c9-8(7(10)11)5-3-1-2-4-6(5)8/h5-6H,1-4H2,(H,10,11)/t5-,6+,8?. The van der Waals surface area contributed by atoms with Gasteiger partial charge in [-0.25, -0.2) is 0 Å². The van der Waals surface area contributed by atoms with Gasteiger partial charge in [-0.2, -0.15) is 0 Å². The smallest absolute Gasteiger partial charge is 0.325 e. The fourth-order valence-corrected chi connectivity index (χ4v) is 2.83. The molecule has 3 heteroatoms. The van der Waals surface area contributed by atoms with Gasteiger partial charge >= 0.3 is 5.97 Å². The van der Waals surface area contributed by atoms with E-state index in [4.69, 9.17) is 16.7 Å². The van der Waals surface area contributed by atoms with Gasteiger partial charge in [-0.05, 0) is 24.7 Å². The molecule has 2 aliphatic rings. The zero-order chi connectivity index (χ0) is 8.06. The number of fused-ring (bicyclic) bond motifs is 1. The molecule has 0 aromatic rings. The highest BCUT2D eigenvalue weighted by Crippen LogP contribution is 2.62. The molecule has 0 radical (unpaired) electrons. The van der Waals surface area contributed by atoms with E-state index < -0.39 is 10.8 Å². The highest BCUT2D eigenvalue weighted by Gasteiger charge is 2.68. The lowest BCUT2D eigenvalue weighted by Gasteiger charge is -2.03. The minimum atomic E-state index is -0.865. The molecule has 2 fully saturated rings. The summed E-state index contributed by atoms with van der Waals surface area (Å²) in [5, 5.41) is 8.81. The number of halogens is 1. The largest absolute Gasteiger partial charge is 0.480 e. The summed E-state index contributed by atoms with van der Waals surface area (Å²) < 4.78 is 0. The Balaban J connectivity index is 2.14. The van der Waals surface area contributed by atoms with Crippen molar-refractivity contribution in [3.63, 3.8) is 0 Å². The Morgan fingerprint density at radius 1 is 1.36 bits per heavy atom. The van der Waals surface area contributed by atoms with Gasteiger partial charge in [-0.3, -0.25) is 4.79 Å². The van der Waals surface area contributed by atoms with Crippen molar-refractivity contribution in [1.82, 2.24) is 0 Å². The summed E-state index contributed by atoms with van der Waals surface area (Å²) in [5.41, 5.74) is 0. The highest BCUT2D eigenvalue weighted by atomic mass is 35.5. The van der Waals surface area contributed by atoms with Crippen LogP contribution in [-0.2, 0) is 4.79 Å². The number of carboxylic acid groups (broad SMARTS) is 1. The molecule has 2 rings (SSSR count). The van der Waals surface area contributed by atoms with Crippen LogP contribution in [0.2, 0.25) is 0 Å². The number of hydrogen-bond acceptors (Lipinski definition) is 1. The lowest BCUT2D eigenvalue weighted by molar-refractivity contribution is -0.138. The van der Waals surface area contributed by atoms with Crippen LogP contribution in [0, 0.1) is 11.8 Å². The number of alkyl halides is 1. The average Bonchev–Trinajstić information content (AvgIpc) is 2.61. The first-order valence-electron chi connectivity index (χ1n) is 4.09. The van der Waals surface area contributed by atoms with Crippen molar-refractivity contribution in [2.24, 2.45) is 11.8 Å². The van der Waals surface area contributed by atoms with Crippen LogP contribution in [-0.4, -0.2) is 16.0 Å². The van der Waals surface area contributed by atoms with Crippen molar-refractivity contribution in [3.8, 4) is 0 Å². The van der Waals surface area contributed by atoms with Gasteiger partial charge in [-0.15, -0.1) is 11.6 Å². The molecule has 1 unspecified atom stereocenters. The second-order valence-corrected chi connectivity index (χ2v) is 4.20. The van der Waals surface area contributed by atoms with Crippen LogP contribution in [0.5, 0.6) is 0 Å². The van der Waals surface area contributed by atoms with Crippen molar-refractivity contribution < 1.29 is 9.90 Å². The molecule has 0 heterocycles. The molecule has 1 N–H and O–H groups in total. The second-order valence-electron chi connectivity index (χ2n) is 3.57. The first-order chi connectivity index (χ1) is 5.17. The van der Waals surface area contributed by atoms with E-state index in [0.717, 1.165) is 25.7 Å². The van der Waals surface area contributed by atoms with E-state index in [9.17, 15) is 4.79 Å². The van der Waals surface area contributed by atoms with Crippen molar-refractivity contribution in [3.05, 3.63) is 0 Å². The van der Waals surface area contributed by atoms with Gasteiger partial charge in [0, 0.05) is 0 Å². The Labute approximate surface area is 70.5 Å². The Hall–Kier alpha value is -0.240. The monoisotopic (exact) mass is 174 g/mol. The van der Waals surface area contributed by atoms with E-state index in [-0.39, 0.29) is 11.8 Å². The topological polar surface area (TPSA) is 37.3 Å². The van der Waals surface area contributed by atoms with Crippen molar-refractivity contribution in [2.75, 3.05) is 0 Å². The molecular formula is C8H11ClO2. The second kappa shape index (κ2) is 2.13. The quantitative estimate of drug-likeness (QED) is 0.617. The van der Waals surface area contributed by atoms with E-state index >= 15 is 0 Å². The third kappa shape index (κ3) is 0.821. The highest BCUT2D eigenvalue weighted by molar-refractivity contribution is 6.36. The fourth-order valence-electron chi connectivity index (χ4n) is 2.37. The van der Waals surface area contributed by atoms with Crippen LogP contribution < -0.4 is 0 Å². The Morgan fingerprint density at radius 2 is 1.82 bits per heavy atom. The molecule has 2 aliphatic carbocycles. The molecule has 2 nitrogen and oxygen atoms in total. The fraction of sp³-hybridized carbons (Fsp3) is 0.875. The van der Waals surface area contributed by atoms with Gasteiger partial charge in [-0.1, -0.05) is 12.8 Å². The summed E-state index contributed by atoms with van der Waals surface area (Å²) in [4.78, 5) is 9.85. The average molecular weight is 175 g/mol. The summed E-state index contributed by atoms with van der Waals surface area (Å²) in [5.74, 6) is -0.262. The van der Waals surface area contributed by atoms with Crippen LogP contribution in [0.4, 0.5) is 0 Å². The summed E-state index contributed by atoms with van der Waals surface area (Å²) in [6.45, 7) is 0. The molecule has 11 heavy (non-hydrogen) atoms. The van der Waals surface area contributed by atoms with E-state index in [1.54, 1.807) is 0 Å². The first kappa shape index (κ1) is 7.41. The van der Waals surface area contributed by atoms with Gasteiger partial charge in [0.15, 0.2) is 0 Å². The molecule has 0 saturated heterocycles. The normalized spacial score (nSPS) is 48.1. The molecule has 0 bridgehead atoms. The van der Waals surface area contributed by atoms with Crippen molar-refractivity contribution in [1.29, 1.82) is 0 Å². The molecule has 0 aliphatic heterocycles. The molecule has 3 atom stereocenters. The molecule has 0 aromatic heterocycles. The molecule has 2 saturated carbocycles. The molecule has 0 spiro atoms. The SMILES string of the molecule is O=C(O)C1(Cl)[C@@H]2CCCC[C@@H]21. The number of aliphatic carboxylic acids is 1. The third-order valence-electron chi connectivity index (χ3n) is 3.06. The Kier molecular flexibility index (Phi) is 1.43. The lowest BCUT2D eigenvalue weighted by Crippen LogP contribution is -2.18. The number of rotatable bonds is 1. The van der Waals surface area contributed by atoms with Crippen LogP contribution in [0.3, 0.4) is 0 Å². The maximum atomic E-state index is 10.7. The summed E-state index contributed by atoms with van der Waals surface area (Å²) in [6, 6.07) is 0. The zero-order valence-electron chi connectivity index (χ0n) is 6.22. The predicted octanol–water partition coefficient (Wildman–Crippen LogP) is 1.87. The minimum Gasteiger partial charge on any atom is -0.480 e. The lowest BCUT2D eigenvalue weighted by atomic mass is 10.0. The van der Waals surface area contributed by atoms with Crippen LogP contribution in [0.1, 0.15) is 25.7 Å².